The first-order valence-corrected chi connectivity index (χ1v) is 7.59. The molecule has 2 N–H and O–H groups in total. The summed E-state index contributed by atoms with van der Waals surface area (Å²) in [6.07, 6.45) is 4.33. The van der Waals surface area contributed by atoms with Gasteiger partial charge in [0.15, 0.2) is 0 Å². The molecule has 0 saturated heterocycles. The van der Waals surface area contributed by atoms with Gasteiger partial charge in [-0.1, -0.05) is 25.1 Å². The highest BCUT2D eigenvalue weighted by Crippen LogP contribution is 2.48. The van der Waals surface area contributed by atoms with E-state index in [1.165, 1.54) is 23.8 Å². The van der Waals surface area contributed by atoms with E-state index in [0.717, 1.165) is 37.3 Å². The first-order chi connectivity index (χ1) is 9.78. The topological polar surface area (TPSA) is 45.4 Å². The smallest absolute Gasteiger partial charge is 0.134 e. The number of aryl methyl sites for hydroxylation is 1. The largest absolute Gasteiger partial charge is 0.461 e. The van der Waals surface area contributed by atoms with E-state index >= 15 is 0 Å². The zero-order chi connectivity index (χ0) is 14.0. The lowest BCUT2D eigenvalue weighted by atomic mass is 10.0. The third-order valence-electron chi connectivity index (χ3n) is 4.50. The molecular formula is C17H23NO2. The van der Waals surface area contributed by atoms with Crippen LogP contribution < -0.4 is 5.32 Å². The standard InChI is InChI=1S/C17H23NO2/c1-2-15-14(13-5-3-4-6-16(13)20-15)11-18-12-17(7-8-17)9-10-19/h3-6,18-19H,2,7-12H2,1H3. The molecule has 1 fully saturated rings. The summed E-state index contributed by atoms with van der Waals surface area (Å²) in [5.74, 6) is 1.09. The second-order valence-corrected chi connectivity index (χ2v) is 5.93. The van der Waals surface area contributed by atoms with Gasteiger partial charge in [-0.05, 0) is 30.7 Å². The third kappa shape index (κ3) is 2.60. The highest BCUT2D eigenvalue weighted by Gasteiger charge is 2.41. The number of benzene rings is 1. The number of nitrogens with one attached hydrogen (secondary N) is 1. The van der Waals surface area contributed by atoms with Crippen molar-refractivity contribution in [2.45, 2.75) is 39.2 Å². The fraction of sp³-hybridized carbons (Fsp3) is 0.529. The van der Waals surface area contributed by atoms with Gasteiger partial charge in [0.05, 0.1) is 0 Å². The summed E-state index contributed by atoms with van der Waals surface area (Å²) in [5, 5.41) is 13.9. The molecule has 0 unspecified atom stereocenters. The molecular weight excluding hydrogens is 250 g/mol. The Morgan fingerprint density at radius 2 is 2.10 bits per heavy atom. The number of aliphatic hydroxyl groups is 1. The quantitative estimate of drug-likeness (QED) is 0.814. The Kier molecular flexibility index (Phi) is 3.81. The van der Waals surface area contributed by atoms with Crippen molar-refractivity contribution in [3.8, 4) is 0 Å². The Labute approximate surface area is 120 Å². The summed E-state index contributed by atoms with van der Waals surface area (Å²) >= 11 is 0. The zero-order valence-corrected chi connectivity index (χ0v) is 12.1. The molecule has 0 aliphatic heterocycles. The van der Waals surface area contributed by atoms with Crippen molar-refractivity contribution in [1.29, 1.82) is 0 Å². The van der Waals surface area contributed by atoms with E-state index in [-0.39, 0.29) is 0 Å². The van der Waals surface area contributed by atoms with Crippen molar-refractivity contribution < 1.29 is 9.52 Å². The predicted molar refractivity (Wildman–Crippen MR) is 80.7 cm³/mol. The Hall–Kier alpha value is -1.32. The summed E-state index contributed by atoms with van der Waals surface area (Å²) in [7, 11) is 0. The number of rotatable bonds is 7. The van der Waals surface area contributed by atoms with E-state index < -0.39 is 0 Å². The van der Waals surface area contributed by atoms with Crippen LogP contribution in [0.2, 0.25) is 0 Å². The van der Waals surface area contributed by atoms with Crippen LogP contribution in [0.15, 0.2) is 28.7 Å². The summed E-state index contributed by atoms with van der Waals surface area (Å²) < 4.78 is 5.91. The maximum absolute atomic E-state index is 9.11. The molecule has 3 heteroatoms. The van der Waals surface area contributed by atoms with Crippen LogP contribution in [0.1, 0.15) is 37.5 Å². The number of furan rings is 1. The molecule has 0 atom stereocenters. The lowest BCUT2D eigenvalue weighted by molar-refractivity contribution is 0.245. The van der Waals surface area contributed by atoms with Crippen LogP contribution in [-0.4, -0.2) is 18.3 Å². The molecule has 1 aromatic heterocycles. The SMILES string of the molecule is CCc1oc2ccccc2c1CNCC1(CCO)CC1. The maximum atomic E-state index is 9.11. The molecule has 0 amide bonds. The summed E-state index contributed by atoms with van der Waals surface area (Å²) in [6, 6.07) is 8.25. The van der Waals surface area contributed by atoms with Gasteiger partial charge in [-0.2, -0.15) is 0 Å². The molecule has 2 aromatic rings. The average molecular weight is 273 g/mol. The van der Waals surface area contributed by atoms with E-state index in [0.29, 0.717) is 12.0 Å². The molecule has 1 aliphatic carbocycles. The van der Waals surface area contributed by atoms with Crippen molar-refractivity contribution in [1.82, 2.24) is 5.32 Å². The predicted octanol–water partition coefficient (Wildman–Crippen LogP) is 3.25. The second-order valence-electron chi connectivity index (χ2n) is 5.93. The Morgan fingerprint density at radius 3 is 2.80 bits per heavy atom. The van der Waals surface area contributed by atoms with Crippen molar-refractivity contribution in [3.05, 3.63) is 35.6 Å². The van der Waals surface area contributed by atoms with Crippen molar-refractivity contribution in [3.63, 3.8) is 0 Å². The van der Waals surface area contributed by atoms with Gasteiger partial charge in [0.1, 0.15) is 11.3 Å². The zero-order valence-electron chi connectivity index (χ0n) is 12.1. The summed E-state index contributed by atoms with van der Waals surface area (Å²) in [6.45, 7) is 4.29. The van der Waals surface area contributed by atoms with Gasteiger partial charge in [-0.3, -0.25) is 0 Å². The van der Waals surface area contributed by atoms with Crippen molar-refractivity contribution >= 4 is 11.0 Å². The Morgan fingerprint density at radius 1 is 1.30 bits per heavy atom. The van der Waals surface area contributed by atoms with Crippen LogP contribution >= 0.6 is 0 Å². The molecule has 3 rings (SSSR count). The van der Waals surface area contributed by atoms with E-state index in [9.17, 15) is 0 Å². The molecule has 1 saturated carbocycles. The lowest BCUT2D eigenvalue weighted by Crippen LogP contribution is -2.24. The second kappa shape index (κ2) is 5.58. The van der Waals surface area contributed by atoms with Gasteiger partial charge in [-0.15, -0.1) is 0 Å². The number of hydrogen-bond donors (Lipinski definition) is 2. The first-order valence-electron chi connectivity index (χ1n) is 7.59. The van der Waals surface area contributed by atoms with E-state index in [1.807, 2.05) is 12.1 Å². The van der Waals surface area contributed by atoms with Gasteiger partial charge in [0.2, 0.25) is 0 Å². The van der Waals surface area contributed by atoms with Crippen LogP contribution in [0.25, 0.3) is 11.0 Å². The molecule has 1 aliphatic rings. The monoisotopic (exact) mass is 273 g/mol. The Bertz CT molecular complexity index is 584. The van der Waals surface area contributed by atoms with Crippen LogP contribution in [0.5, 0.6) is 0 Å². The minimum absolute atomic E-state index is 0.302. The number of hydrogen-bond acceptors (Lipinski definition) is 3. The van der Waals surface area contributed by atoms with Crippen LogP contribution in [0.4, 0.5) is 0 Å². The van der Waals surface area contributed by atoms with Gasteiger partial charge >= 0.3 is 0 Å². The fourth-order valence-corrected chi connectivity index (χ4v) is 3.01. The minimum Gasteiger partial charge on any atom is -0.461 e. The number of para-hydroxylation sites is 1. The van der Waals surface area contributed by atoms with E-state index in [2.05, 4.69) is 24.4 Å². The summed E-state index contributed by atoms with van der Waals surface area (Å²) in [5.41, 5.74) is 2.64. The molecule has 0 bridgehead atoms. The van der Waals surface area contributed by atoms with Crippen LogP contribution in [-0.2, 0) is 13.0 Å². The molecule has 20 heavy (non-hydrogen) atoms. The lowest BCUT2D eigenvalue weighted by Gasteiger charge is -2.14. The maximum Gasteiger partial charge on any atom is 0.134 e. The van der Waals surface area contributed by atoms with Gasteiger partial charge in [0, 0.05) is 37.1 Å². The van der Waals surface area contributed by atoms with Gasteiger partial charge in [-0.25, -0.2) is 0 Å². The van der Waals surface area contributed by atoms with E-state index in [4.69, 9.17) is 9.52 Å². The van der Waals surface area contributed by atoms with Gasteiger partial charge < -0.3 is 14.8 Å². The average Bonchev–Trinajstić information content (AvgIpc) is 3.13. The van der Waals surface area contributed by atoms with Crippen LogP contribution in [0, 0.1) is 5.41 Å². The molecule has 3 nitrogen and oxygen atoms in total. The summed E-state index contributed by atoms with van der Waals surface area (Å²) in [4.78, 5) is 0. The number of fused-ring (bicyclic) bond motifs is 1. The van der Waals surface area contributed by atoms with Crippen LogP contribution in [0.3, 0.4) is 0 Å². The van der Waals surface area contributed by atoms with Gasteiger partial charge in [0.25, 0.3) is 0 Å². The normalized spacial score (nSPS) is 16.7. The molecule has 108 valence electrons. The Balaban J connectivity index is 1.70. The molecule has 0 spiro atoms. The van der Waals surface area contributed by atoms with Crippen molar-refractivity contribution in [2.75, 3.05) is 13.2 Å². The molecule has 1 heterocycles. The molecule has 1 aromatic carbocycles. The number of aliphatic hydroxyl groups excluding tert-OH is 1. The highest BCUT2D eigenvalue weighted by molar-refractivity contribution is 5.82. The molecule has 0 radical (unpaired) electrons. The fourth-order valence-electron chi connectivity index (χ4n) is 3.01. The minimum atomic E-state index is 0.302. The first kappa shape index (κ1) is 13.7. The van der Waals surface area contributed by atoms with E-state index in [1.54, 1.807) is 0 Å². The van der Waals surface area contributed by atoms with Crippen molar-refractivity contribution in [2.24, 2.45) is 5.41 Å². The highest BCUT2D eigenvalue weighted by atomic mass is 16.3. The third-order valence-corrected chi connectivity index (χ3v) is 4.50.